The van der Waals surface area contributed by atoms with Crippen LogP contribution in [-0.2, 0) is 11.3 Å². The predicted molar refractivity (Wildman–Crippen MR) is 111 cm³/mol. The molecule has 2 bridgehead atoms. The van der Waals surface area contributed by atoms with Crippen molar-refractivity contribution in [3.63, 3.8) is 0 Å². The molecule has 1 N–H and O–H groups in total. The van der Waals surface area contributed by atoms with E-state index < -0.39 is 0 Å². The molecule has 1 aliphatic heterocycles. The number of hydrogen-bond donors (Lipinski definition) is 1. The molecule has 1 aliphatic rings. The summed E-state index contributed by atoms with van der Waals surface area (Å²) in [7, 11) is 4.80. The molecule has 7 nitrogen and oxygen atoms in total. The molecule has 156 valence electrons. The minimum Gasteiger partial charge on any atom is -0.493 e. The van der Waals surface area contributed by atoms with E-state index in [1.54, 1.807) is 28.3 Å². The van der Waals surface area contributed by atoms with Gasteiger partial charge in [0.05, 0.1) is 27.4 Å². The molecule has 1 aromatic carbocycles. The van der Waals surface area contributed by atoms with Gasteiger partial charge in [-0.2, -0.15) is 0 Å². The van der Waals surface area contributed by atoms with Crippen LogP contribution in [0.25, 0.3) is 11.2 Å². The lowest BCUT2D eigenvalue weighted by Crippen LogP contribution is -2.53. The summed E-state index contributed by atoms with van der Waals surface area (Å²) in [5, 5.41) is 3.26. The maximum atomic E-state index is 11.8. The highest BCUT2D eigenvalue weighted by Gasteiger charge is 2.27. The second-order valence-corrected chi connectivity index (χ2v) is 6.87. The van der Waals surface area contributed by atoms with Gasteiger partial charge in [-0.3, -0.25) is 9.69 Å². The molecular formula is C22H28N2O5. The second-order valence-electron chi connectivity index (χ2n) is 6.87. The molecule has 4 rings (SSSR count). The van der Waals surface area contributed by atoms with Crippen LogP contribution in [0.15, 0.2) is 40.8 Å². The number of fused-ring (bicyclic) bond motifs is 2. The third-order valence-electron chi connectivity index (χ3n) is 5.04. The average Bonchev–Trinajstić information content (AvgIpc) is 3.40. The maximum Gasteiger partial charge on any atom is 0.203 e. The van der Waals surface area contributed by atoms with Crippen LogP contribution in [0.2, 0.25) is 0 Å². The number of methoxy groups -OCH3 is 3. The Hall–Kier alpha value is -2.77. The zero-order valence-corrected chi connectivity index (χ0v) is 17.4. The first-order valence-corrected chi connectivity index (χ1v) is 9.58. The molecule has 2 aromatic heterocycles. The molecule has 0 aliphatic carbocycles. The maximum absolute atomic E-state index is 11.8. The molecule has 29 heavy (non-hydrogen) atoms. The zero-order chi connectivity index (χ0) is 20.8. The molecule has 0 saturated carbocycles. The molecule has 0 radical (unpaired) electrons. The smallest absolute Gasteiger partial charge is 0.203 e. The van der Waals surface area contributed by atoms with E-state index in [1.807, 2.05) is 36.4 Å². The number of carbonyl (C=O) groups is 1. The van der Waals surface area contributed by atoms with Crippen molar-refractivity contribution in [2.75, 3.05) is 41.0 Å². The molecular weight excluding hydrogens is 372 g/mol. The first kappa shape index (κ1) is 21.0. The van der Waals surface area contributed by atoms with Gasteiger partial charge in [0.15, 0.2) is 11.5 Å². The Morgan fingerprint density at radius 1 is 1.03 bits per heavy atom. The average molecular weight is 400 g/mol. The number of carbonyl (C=O) groups excluding carboxylic acids is 1. The molecule has 1 unspecified atom stereocenters. The number of hydrogen-bond acceptors (Lipinski definition) is 7. The highest BCUT2D eigenvalue weighted by atomic mass is 16.5. The SMILES string of the molecule is COc1ccc(CN2CCNCC2C(C)=O)c(OC)c1OC.c1cc2ccc1o2. The van der Waals surface area contributed by atoms with E-state index in [-0.39, 0.29) is 11.8 Å². The van der Waals surface area contributed by atoms with Crippen LogP contribution in [0.5, 0.6) is 17.2 Å². The minimum atomic E-state index is -0.105. The quantitative estimate of drug-likeness (QED) is 0.682. The van der Waals surface area contributed by atoms with Crippen LogP contribution in [0, 0.1) is 0 Å². The summed E-state index contributed by atoms with van der Waals surface area (Å²) in [5.74, 6) is 2.04. The fourth-order valence-corrected chi connectivity index (χ4v) is 3.55. The van der Waals surface area contributed by atoms with Gasteiger partial charge in [-0.1, -0.05) is 6.07 Å². The molecule has 3 aromatic rings. The Morgan fingerprint density at radius 3 is 2.17 bits per heavy atom. The topological polar surface area (TPSA) is 73.2 Å². The third-order valence-corrected chi connectivity index (χ3v) is 5.04. The molecule has 1 fully saturated rings. The fourth-order valence-electron chi connectivity index (χ4n) is 3.55. The Kier molecular flexibility index (Phi) is 6.95. The van der Waals surface area contributed by atoms with Crippen molar-refractivity contribution in [2.24, 2.45) is 0 Å². The summed E-state index contributed by atoms with van der Waals surface area (Å²) in [4.78, 5) is 14.0. The third kappa shape index (κ3) is 4.81. The standard InChI is InChI=1S/C16H24N2O4.C6H4O/c1-11(19)13-9-17-7-8-18(13)10-12-5-6-14(20-2)16(22-4)15(12)21-3;1-2-6-4-3-5(1)7-6/h5-6,13,17H,7-10H2,1-4H3;1-4H. The molecule has 1 saturated heterocycles. The number of furan rings is 2. The van der Waals surface area contributed by atoms with Crippen molar-refractivity contribution in [3.8, 4) is 17.2 Å². The number of ketones is 1. The van der Waals surface area contributed by atoms with Crippen molar-refractivity contribution in [2.45, 2.75) is 19.5 Å². The van der Waals surface area contributed by atoms with E-state index in [1.165, 1.54) is 0 Å². The Bertz CT molecular complexity index is 878. The number of benzene rings is 2. The van der Waals surface area contributed by atoms with Crippen molar-refractivity contribution in [1.29, 1.82) is 0 Å². The van der Waals surface area contributed by atoms with Gasteiger partial charge in [0.2, 0.25) is 5.75 Å². The number of piperazine rings is 1. The van der Waals surface area contributed by atoms with Crippen LogP contribution in [0.1, 0.15) is 12.5 Å². The van der Waals surface area contributed by atoms with Gasteiger partial charge in [-0.25, -0.2) is 0 Å². The van der Waals surface area contributed by atoms with Gasteiger partial charge < -0.3 is 23.9 Å². The number of nitrogens with one attached hydrogen (secondary N) is 1. The zero-order valence-electron chi connectivity index (χ0n) is 17.4. The van der Waals surface area contributed by atoms with Crippen LogP contribution < -0.4 is 19.5 Å². The number of rotatable bonds is 6. The lowest BCUT2D eigenvalue weighted by atomic mass is 10.1. The van der Waals surface area contributed by atoms with Crippen LogP contribution in [0.3, 0.4) is 0 Å². The molecule has 0 amide bonds. The van der Waals surface area contributed by atoms with E-state index in [0.717, 1.165) is 29.8 Å². The van der Waals surface area contributed by atoms with Gasteiger partial charge in [0, 0.05) is 31.7 Å². The van der Waals surface area contributed by atoms with E-state index >= 15 is 0 Å². The largest absolute Gasteiger partial charge is 0.493 e. The molecule has 3 heterocycles. The van der Waals surface area contributed by atoms with Crippen molar-refractivity contribution >= 4 is 16.9 Å². The van der Waals surface area contributed by atoms with Gasteiger partial charge in [-0.15, -0.1) is 0 Å². The van der Waals surface area contributed by atoms with E-state index in [4.69, 9.17) is 18.6 Å². The summed E-state index contributed by atoms with van der Waals surface area (Å²) in [6, 6.07) is 11.5. The Morgan fingerprint density at radius 2 is 1.69 bits per heavy atom. The van der Waals surface area contributed by atoms with Crippen molar-refractivity contribution < 1.29 is 23.4 Å². The van der Waals surface area contributed by atoms with E-state index in [0.29, 0.717) is 30.3 Å². The monoisotopic (exact) mass is 400 g/mol. The molecule has 0 spiro atoms. The summed E-state index contributed by atoms with van der Waals surface area (Å²) in [6.07, 6.45) is 0. The molecule has 1 atom stereocenters. The summed E-state index contributed by atoms with van der Waals surface area (Å²) in [6.45, 7) is 4.65. The highest BCUT2D eigenvalue weighted by molar-refractivity contribution is 5.81. The summed E-state index contributed by atoms with van der Waals surface area (Å²) >= 11 is 0. The summed E-state index contributed by atoms with van der Waals surface area (Å²) in [5.41, 5.74) is 2.92. The number of nitrogens with zero attached hydrogens (tertiary/aromatic N) is 1. The van der Waals surface area contributed by atoms with Crippen molar-refractivity contribution in [1.82, 2.24) is 10.2 Å². The van der Waals surface area contributed by atoms with E-state index in [2.05, 4.69) is 10.2 Å². The first-order valence-electron chi connectivity index (χ1n) is 9.58. The van der Waals surface area contributed by atoms with Crippen LogP contribution in [-0.4, -0.2) is 57.7 Å². The van der Waals surface area contributed by atoms with Crippen molar-refractivity contribution in [3.05, 3.63) is 42.0 Å². The normalized spacial score (nSPS) is 16.9. The minimum absolute atomic E-state index is 0.105. The number of Topliss-reactive ketones (excluding diaryl/α,β-unsaturated/α-hetero) is 1. The lowest BCUT2D eigenvalue weighted by Gasteiger charge is -2.35. The Labute approximate surface area is 170 Å². The Balaban J connectivity index is 0.000000283. The first-order chi connectivity index (χ1) is 14.1. The van der Waals surface area contributed by atoms with Gasteiger partial charge >= 0.3 is 0 Å². The number of ether oxygens (including phenoxy) is 3. The molecule has 7 heteroatoms. The van der Waals surface area contributed by atoms with E-state index in [9.17, 15) is 4.79 Å². The predicted octanol–water partition coefficient (Wildman–Crippen LogP) is 2.95. The van der Waals surface area contributed by atoms with Crippen LogP contribution in [0.4, 0.5) is 0 Å². The highest BCUT2D eigenvalue weighted by Crippen LogP contribution is 2.40. The second kappa shape index (κ2) is 9.62. The summed E-state index contributed by atoms with van der Waals surface area (Å²) < 4.78 is 21.3. The lowest BCUT2D eigenvalue weighted by molar-refractivity contribution is -0.123. The fraction of sp³-hybridized carbons (Fsp3) is 0.409. The van der Waals surface area contributed by atoms with Gasteiger partial charge in [0.25, 0.3) is 0 Å². The van der Waals surface area contributed by atoms with Crippen LogP contribution >= 0.6 is 0 Å². The van der Waals surface area contributed by atoms with Gasteiger partial charge in [0.1, 0.15) is 16.9 Å². The van der Waals surface area contributed by atoms with Gasteiger partial charge in [-0.05, 0) is 37.3 Å².